The van der Waals surface area contributed by atoms with E-state index in [1.807, 2.05) is 6.92 Å². The van der Waals surface area contributed by atoms with E-state index in [4.69, 9.17) is 33.2 Å². The monoisotopic (exact) mass is 486 g/mol. The first-order valence-corrected chi connectivity index (χ1v) is 11.3. The fourth-order valence-corrected chi connectivity index (χ4v) is 4.23. The van der Waals surface area contributed by atoms with Gasteiger partial charge in [-0.1, -0.05) is 29.8 Å². The Hall–Kier alpha value is -2.86. The van der Waals surface area contributed by atoms with Gasteiger partial charge in [0.1, 0.15) is 24.4 Å². The van der Waals surface area contributed by atoms with E-state index in [0.29, 0.717) is 11.1 Å². The van der Waals surface area contributed by atoms with Gasteiger partial charge in [-0.05, 0) is 38.1 Å². The van der Waals surface area contributed by atoms with Crippen LogP contribution in [-0.2, 0) is 33.2 Å². The van der Waals surface area contributed by atoms with Gasteiger partial charge in [-0.2, -0.15) is 0 Å². The molecule has 0 aliphatic carbocycles. The molecule has 3 saturated heterocycles. The fourth-order valence-electron chi connectivity index (χ4n) is 4.23. The summed E-state index contributed by atoms with van der Waals surface area (Å²) in [5.41, 5.74) is 2.30. The molecule has 7 unspecified atom stereocenters. The Morgan fingerprint density at radius 1 is 0.857 bits per heavy atom. The molecule has 3 aliphatic rings. The molecular weight excluding hydrogens is 460 g/mol. The summed E-state index contributed by atoms with van der Waals surface area (Å²) in [7, 11) is 0. The molecule has 1 N–H and O–H groups in total. The smallest absolute Gasteiger partial charge is 0.340 e. The van der Waals surface area contributed by atoms with Crippen molar-refractivity contribution in [3.63, 3.8) is 0 Å². The highest BCUT2D eigenvalue weighted by Crippen LogP contribution is 2.41. The molecule has 2 aromatic rings. The molecule has 186 valence electrons. The highest BCUT2D eigenvalue weighted by molar-refractivity contribution is 5.90. The third-order valence-electron chi connectivity index (χ3n) is 6.10. The van der Waals surface area contributed by atoms with Crippen LogP contribution >= 0.6 is 0 Å². The van der Waals surface area contributed by atoms with Crippen molar-refractivity contribution < 1.29 is 47.9 Å². The molecule has 3 heterocycles. The van der Waals surface area contributed by atoms with Gasteiger partial charge < -0.3 is 38.3 Å². The van der Waals surface area contributed by atoms with E-state index in [-0.39, 0.29) is 12.2 Å². The molecule has 7 atom stereocenters. The van der Waals surface area contributed by atoms with Gasteiger partial charge in [-0.3, -0.25) is 0 Å². The zero-order valence-electron chi connectivity index (χ0n) is 19.2. The summed E-state index contributed by atoms with van der Waals surface area (Å²) in [5.74, 6) is -1.23. The van der Waals surface area contributed by atoms with Gasteiger partial charge in [0.25, 0.3) is 0 Å². The number of carbonyl (C=O) groups excluding carboxylic acids is 2. The first-order valence-electron chi connectivity index (χ1n) is 11.3. The van der Waals surface area contributed by atoms with Crippen LogP contribution in [0.5, 0.6) is 0 Å². The molecule has 2 aromatic carbocycles. The molecule has 0 saturated carbocycles. The van der Waals surface area contributed by atoms with Gasteiger partial charge in [0.05, 0.1) is 17.7 Å². The summed E-state index contributed by atoms with van der Waals surface area (Å²) in [6, 6.07) is 13.3. The molecule has 0 aromatic heterocycles. The number of benzene rings is 2. The number of esters is 2. The van der Waals surface area contributed by atoms with Gasteiger partial charge >= 0.3 is 11.9 Å². The van der Waals surface area contributed by atoms with Crippen LogP contribution in [0.4, 0.5) is 0 Å². The largest absolute Gasteiger partial charge is 0.424 e. The fraction of sp³-hybridized carbons (Fsp3) is 0.440. The Balaban J connectivity index is 1.16. The average molecular weight is 486 g/mol. The van der Waals surface area contributed by atoms with Gasteiger partial charge in [-0.25, -0.2) is 9.59 Å². The van der Waals surface area contributed by atoms with Crippen molar-refractivity contribution in [1.82, 2.24) is 0 Å². The lowest BCUT2D eigenvalue weighted by Crippen LogP contribution is -2.61. The first-order chi connectivity index (χ1) is 16.9. The van der Waals surface area contributed by atoms with E-state index < -0.39 is 62.0 Å². The van der Waals surface area contributed by atoms with E-state index in [2.05, 4.69) is 0 Å². The predicted octanol–water partition coefficient (Wildman–Crippen LogP) is 2.23. The first kappa shape index (κ1) is 23.9. The number of rotatable bonds is 5. The minimum Gasteiger partial charge on any atom is -0.424 e. The standard InChI is InChI=1S/C25H26O10/c1-13-3-5-15(6-4-13)22(26)30-12-31-23(27)16-7-9-17(10-8-16)25-34-20-19-18(11-29-14(2)32-19)33-24(28)21(20)35-25/h3-10,14,18-21,24-25,28H,11-12H2,1-2H3. The van der Waals surface area contributed by atoms with E-state index in [1.54, 1.807) is 55.5 Å². The number of carbonyl (C=O) groups is 2. The zero-order chi connectivity index (χ0) is 24.5. The Labute approximate surface area is 201 Å². The van der Waals surface area contributed by atoms with Crippen LogP contribution in [0.25, 0.3) is 0 Å². The third kappa shape index (κ3) is 5.08. The Bertz CT molecular complexity index is 1050. The van der Waals surface area contributed by atoms with Crippen molar-refractivity contribution in [3.8, 4) is 0 Å². The maximum atomic E-state index is 12.3. The summed E-state index contributed by atoms with van der Waals surface area (Å²) in [4.78, 5) is 24.3. The maximum absolute atomic E-state index is 12.3. The van der Waals surface area contributed by atoms with Gasteiger partial charge in [0, 0.05) is 5.56 Å². The van der Waals surface area contributed by atoms with Crippen molar-refractivity contribution in [2.24, 2.45) is 0 Å². The third-order valence-corrected chi connectivity index (χ3v) is 6.10. The van der Waals surface area contributed by atoms with Gasteiger partial charge in [0.15, 0.2) is 18.9 Å². The molecular formula is C25H26O10. The predicted molar refractivity (Wildman–Crippen MR) is 117 cm³/mol. The lowest BCUT2D eigenvalue weighted by atomic mass is 9.98. The van der Waals surface area contributed by atoms with Crippen molar-refractivity contribution in [2.45, 2.75) is 57.1 Å². The Kier molecular flexibility index (Phi) is 6.83. The second-order valence-electron chi connectivity index (χ2n) is 8.57. The van der Waals surface area contributed by atoms with E-state index in [9.17, 15) is 14.7 Å². The van der Waals surface area contributed by atoms with Crippen LogP contribution in [0.2, 0.25) is 0 Å². The second kappa shape index (κ2) is 10.0. The van der Waals surface area contributed by atoms with E-state index in [0.717, 1.165) is 5.56 Å². The maximum Gasteiger partial charge on any atom is 0.340 e. The van der Waals surface area contributed by atoms with Crippen LogP contribution in [-0.4, -0.2) is 67.4 Å². The van der Waals surface area contributed by atoms with Crippen LogP contribution < -0.4 is 0 Å². The number of hydrogen-bond donors (Lipinski definition) is 1. The average Bonchev–Trinajstić information content (AvgIpc) is 3.32. The second-order valence-corrected chi connectivity index (χ2v) is 8.57. The highest BCUT2D eigenvalue weighted by Gasteiger charge is 2.55. The van der Waals surface area contributed by atoms with Crippen molar-refractivity contribution in [2.75, 3.05) is 13.4 Å². The lowest BCUT2D eigenvalue weighted by Gasteiger charge is -2.44. The Morgan fingerprint density at radius 2 is 1.46 bits per heavy atom. The number of ether oxygens (including phenoxy) is 7. The number of aliphatic hydroxyl groups is 1. The Morgan fingerprint density at radius 3 is 2.11 bits per heavy atom. The summed E-state index contributed by atoms with van der Waals surface area (Å²) in [5, 5.41) is 10.3. The number of aryl methyl sites for hydroxylation is 1. The minimum absolute atomic E-state index is 0.264. The van der Waals surface area contributed by atoms with E-state index >= 15 is 0 Å². The highest BCUT2D eigenvalue weighted by atomic mass is 16.8. The van der Waals surface area contributed by atoms with E-state index in [1.165, 1.54) is 0 Å². The number of fused-ring (bicyclic) bond motifs is 3. The van der Waals surface area contributed by atoms with Gasteiger partial charge in [-0.15, -0.1) is 0 Å². The molecule has 5 rings (SSSR count). The zero-order valence-corrected chi connectivity index (χ0v) is 19.2. The summed E-state index contributed by atoms with van der Waals surface area (Å²) < 4.78 is 38.8. The summed E-state index contributed by atoms with van der Waals surface area (Å²) in [6.07, 6.45) is -4.52. The van der Waals surface area contributed by atoms with Gasteiger partial charge in [0.2, 0.25) is 6.79 Å². The van der Waals surface area contributed by atoms with Crippen LogP contribution in [0.1, 0.15) is 45.1 Å². The lowest BCUT2D eigenvalue weighted by molar-refractivity contribution is -0.333. The molecule has 10 nitrogen and oxygen atoms in total. The molecule has 3 aliphatic heterocycles. The van der Waals surface area contributed by atoms with Crippen LogP contribution in [0, 0.1) is 6.92 Å². The molecule has 35 heavy (non-hydrogen) atoms. The molecule has 0 bridgehead atoms. The molecule has 10 heteroatoms. The molecule has 3 fully saturated rings. The van der Waals surface area contributed by atoms with Crippen molar-refractivity contribution >= 4 is 11.9 Å². The topological polar surface area (TPSA) is 119 Å². The summed E-state index contributed by atoms with van der Waals surface area (Å²) >= 11 is 0. The van der Waals surface area contributed by atoms with Crippen molar-refractivity contribution in [3.05, 3.63) is 70.8 Å². The van der Waals surface area contributed by atoms with Crippen LogP contribution in [0.3, 0.4) is 0 Å². The quantitative estimate of drug-likeness (QED) is 0.498. The normalized spacial score (nSPS) is 31.8. The number of hydrogen-bond acceptors (Lipinski definition) is 10. The van der Waals surface area contributed by atoms with Crippen molar-refractivity contribution in [1.29, 1.82) is 0 Å². The molecule has 0 amide bonds. The SMILES string of the molecule is Cc1ccc(C(=O)OCOC(=O)c2ccc(C3OC4C(O)OC5COC(C)OC5C4O3)cc2)cc1. The minimum atomic E-state index is -1.18. The molecule has 0 spiro atoms. The number of aliphatic hydroxyl groups excluding tert-OH is 1. The van der Waals surface area contributed by atoms with Crippen LogP contribution in [0.15, 0.2) is 48.5 Å². The molecule has 0 radical (unpaired) electrons. The summed E-state index contributed by atoms with van der Waals surface area (Å²) in [6.45, 7) is 3.48.